The van der Waals surface area contributed by atoms with Gasteiger partial charge in [-0.3, -0.25) is 10.1 Å². The molecule has 0 unspecified atom stereocenters. The number of nitrogens with two attached hydrogens (primary N) is 1. The number of hydrogen-bond acceptors (Lipinski definition) is 4. The summed E-state index contributed by atoms with van der Waals surface area (Å²) in [7, 11) is -4.21. The Morgan fingerprint density at radius 3 is 2.12 bits per heavy atom. The van der Waals surface area contributed by atoms with Crippen LogP contribution in [-0.2, 0) is 10.0 Å². The van der Waals surface area contributed by atoms with Crippen LogP contribution in [0.5, 0.6) is 0 Å². The molecule has 10 heteroatoms. The lowest BCUT2D eigenvalue weighted by Crippen LogP contribution is -2.13. The average Bonchev–Trinajstić information content (AvgIpc) is 2.09. The molecule has 0 aliphatic rings. The van der Waals surface area contributed by atoms with Crippen LogP contribution in [0.1, 0.15) is 0 Å². The molecule has 2 N–H and O–H groups in total. The molecule has 1 aromatic rings. The van der Waals surface area contributed by atoms with E-state index in [9.17, 15) is 18.5 Å². The third-order valence-electron chi connectivity index (χ3n) is 1.59. The minimum absolute atomic E-state index is 0.318. The highest BCUT2D eigenvalue weighted by molar-refractivity contribution is 7.89. The third-order valence-corrected chi connectivity index (χ3v) is 3.80. The van der Waals surface area contributed by atoms with E-state index in [1.165, 1.54) is 0 Å². The van der Waals surface area contributed by atoms with Crippen molar-refractivity contribution >= 4 is 50.5 Å². The van der Waals surface area contributed by atoms with E-state index in [2.05, 4.69) is 0 Å². The molecule has 0 saturated carbocycles. The Bertz CT molecular complexity index is 572. The number of nitro benzene ring substituents is 1. The molecule has 16 heavy (non-hydrogen) atoms. The SMILES string of the molecule is NS(=O)(=O)c1cc(Cl)c(Cl)c([N+](=O)[O-])c1Cl. The quantitative estimate of drug-likeness (QED) is 0.514. The molecule has 0 aromatic heterocycles. The lowest BCUT2D eigenvalue weighted by Gasteiger charge is -2.05. The molecule has 0 bridgehead atoms. The van der Waals surface area contributed by atoms with Gasteiger partial charge >= 0.3 is 5.69 Å². The van der Waals surface area contributed by atoms with Gasteiger partial charge in [0, 0.05) is 0 Å². The smallest absolute Gasteiger partial charge is 0.258 e. The predicted molar refractivity (Wildman–Crippen MR) is 59.5 cm³/mol. The first-order valence-corrected chi connectivity index (χ1v) is 6.19. The Morgan fingerprint density at radius 2 is 1.75 bits per heavy atom. The molecule has 0 amide bonds. The van der Waals surface area contributed by atoms with E-state index in [1.54, 1.807) is 0 Å². The second kappa shape index (κ2) is 4.34. The second-order valence-corrected chi connectivity index (χ2v) is 5.33. The van der Waals surface area contributed by atoms with Crippen molar-refractivity contribution < 1.29 is 13.3 Å². The zero-order chi connectivity index (χ0) is 12.7. The van der Waals surface area contributed by atoms with Crippen LogP contribution < -0.4 is 5.14 Å². The third kappa shape index (κ3) is 2.38. The molecule has 0 aliphatic carbocycles. The second-order valence-electron chi connectivity index (χ2n) is 2.64. The van der Waals surface area contributed by atoms with Gasteiger partial charge in [0.15, 0.2) is 0 Å². The lowest BCUT2D eigenvalue weighted by atomic mass is 10.3. The van der Waals surface area contributed by atoms with E-state index in [4.69, 9.17) is 39.9 Å². The monoisotopic (exact) mass is 304 g/mol. The maximum Gasteiger partial charge on any atom is 0.309 e. The van der Waals surface area contributed by atoms with Crippen molar-refractivity contribution in [2.24, 2.45) is 5.14 Å². The van der Waals surface area contributed by atoms with E-state index < -0.39 is 35.6 Å². The maximum absolute atomic E-state index is 11.1. The van der Waals surface area contributed by atoms with Crippen LogP contribution in [0, 0.1) is 10.1 Å². The summed E-state index contributed by atoms with van der Waals surface area (Å²) in [5.74, 6) is 0. The highest BCUT2D eigenvalue weighted by Gasteiger charge is 2.28. The minimum Gasteiger partial charge on any atom is -0.258 e. The Labute approximate surface area is 105 Å². The van der Waals surface area contributed by atoms with Crippen LogP contribution in [-0.4, -0.2) is 13.3 Å². The van der Waals surface area contributed by atoms with Gasteiger partial charge in [-0.1, -0.05) is 34.8 Å². The molecule has 1 aromatic carbocycles. The molecular formula is C6H3Cl3N2O4S. The van der Waals surface area contributed by atoms with Gasteiger partial charge in [-0.05, 0) is 6.07 Å². The van der Waals surface area contributed by atoms with Gasteiger partial charge in [-0.15, -0.1) is 0 Å². The molecule has 0 radical (unpaired) electrons. The largest absolute Gasteiger partial charge is 0.309 e. The summed E-state index contributed by atoms with van der Waals surface area (Å²) in [5, 5.41) is 14.0. The van der Waals surface area contributed by atoms with Gasteiger partial charge < -0.3 is 0 Å². The maximum atomic E-state index is 11.1. The molecule has 0 saturated heterocycles. The summed E-state index contributed by atoms with van der Waals surface area (Å²) >= 11 is 16.6. The number of hydrogen-bond donors (Lipinski definition) is 1. The first kappa shape index (κ1) is 13.5. The zero-order valence-electron chi connectivity index (χ0n) is 7.28. The van der Waals surface area contributed by atoms with E-state index in [0.717, 1.165) is 6.07 Å². The topological polar surface area (TPSA) is 103 Å². The highest BCUT2D eigenvalue weighted by atomic mass is 35.5. The van der Waals surface area contributed by atoms with E-state index in [-0.39, 0.29) is 5.02 Å². The fourth-order valence-corrected chi connectivity index (χ4v) is 2.63. The van der Waals surface area contributed by atoms with Crippen molar-refractivity contribution in [2.75, 3.05) is 0 Å². The zero-order valence-corrected chi connectivity index (χ0v) is 10.4. The number of benzene rings is 1. The number of primary sulfonamides is 1. The Balaban J connectivity index is 3.78. The van der Waals surface area contributed by atoms with Crippen molar-refractivity contribution in [1.82, 2.24) is 0 Å². The summed E-state index contributed by atoms with van der Waals surface area (Å²) < 4.78 is 22.1. The van der Waals surface area contributed by atoms with Crippen molar-refractivity contribution in [1.29, 1.82) is 0 Å². The molecule has 0 heterocycles. The lowest BCUT2D eigenvalue weighted by molar-refractivity contribution is -0.384. The van der Waals surface area contributed by atoms with Gasteiger partial charge in [0.2, 0.25) is 10.0 Å². The molecule has 1 rings (SSSR count). The fourth-order valence-electron chi connectivity index (χ4n) is 0.935. The Kier molecular flexibility index (Phi) is 3.65. The molecule has 0 atom stereocenters. The van der Waals surface area contributed by atoms with Crippen LogP contribution in [0.15, 0.2) is 11.0 Å². The van der Waals surface area contributed by atoms with Crippen molar-refractivity contribution in [3.05, 3.63) is 31.2 Å². The molecule has 88 valence electrons. The van der Waals surface area contributed by atoms with Gasteiger partial charge in [0.25, 0.3) is 0 Å². The highest BCUT2D eigenvalue weighted by Crippen LogP contribution is 2.41. The van der Waals surface area contributed by atoms with E-state index in [0.29, 0.717) is 0 Å². The van der Waals surface area contributed by atoms with E-state index in [1.807, 2.05) is 0 Å². The molecule has 0 spiro atoms. The molecule has 6 nitrogen and oxygen atoms in total. The Morgan fingerprint density at radius 1 is 1.25 bits per heavy atom. The summed E-state index contributed by atoms with van der Waals surface area (Å²) in [6, 6.07) is 0.856. The average molecular weight is 306 g/mol. The van der Waals surface area contributed by atoms with Crippen molar-refractivity contribution in [2.45, 2.75) is 4.90 Å². The van der Waals surface area contributed by atoms with Crippen molar-refractivity contribution in [3.63, 3.8) is 0 Å². The van der Waals surface area contributed by atoms with Crippen LogP contribution in [0.25, 0.3) is 0 Å². The standard InChI is InChI=1S/C6H3Cl3N2O4S/c7-2-1-3(16(10,14)15)5(9)6(4(2)8)11(12)13/h1H,(H2,10,14,15). The fraction of sp³-hybridized carbons (Fsp3) is 0. The number of rotatable bonds is 2. The first-order valence-electron chi connectivity index (χ1n) is 3.51. The van der Waals surface area contributed by atoms with Crippen LogP contribution in [0.2, 0.25) is 15.1 Å². The first-order chi connectivity index (χ1) is 7.16. The summed E-state index contributed by atoms with van der Waals surface area (Å²) in [4.78, 5) is 9.03. The number of sulfonamides is 1. The molecule has 0 fully saturated rings. The number of nitro groups is 1. The summed E-state index contributed by atoms with van der Waals surface area (Å²) in [5.41, 5.74) is -0.792. The number of halogens is 3. The Hall–Kier alpha value is -0.600. The predicted octanol–water partition coefficient (Wildman–Crippen LogP) is 2.20. The van der Waals surface area contributed by atoms with Gasteiger partial charge in [-0.2, -0.15) is 0 Å². The minimum atomic E-state index is -4.21. The van der Waals surface area contributed by atoms with Crippen molar-refractivity contribution in [3.8, 4) is 0 Å². The van der Waals surface area contributed by atoms with Crippen LogP contribution in [0.4, 0.5) is 5.69 Å². The molecular weight excluding hydrogens is 303 g/mol. The van der Waals surface area contributed by atoms with Crippen LogP contribution >= 0.6 is 34.8 Å². The van der Waals surface area contributed by atoms with Gasteiger partial charge in [0.1, 0.15) is 14.9 Å². The van der Waals surface area contributed by atoms with E-state index >= 15 is 0 Å². The molecule has 0 aliphatic heterocycles. The normalized spacial score (nSPS) is 11.5. The summed E-state index contributed by atoms with van der Waals surface area (Å²) in [6.07, 6.45) is 0. The van der Waals surface area contributed by atoms with Gasteiger partial charge in [0.05, 0.1) is 9.95 Å². The van der Waals surface area contributed by atoms with Crippen LogP contribution in [0.3, 0.4) is 0 Å². The van der Waals surface area contributed by atoms with Gasteiger partial charge in [-0.25, -0.2) is 13.6 Å². The number of nitrogens with zero attached hydrogens (tertiary/aromatic N) is 1. The summed E-state index contributed by atoms with van der Waals surface area (Å²) in [6.45, 7) is 0.